The van der Waals surface area contributed by atoms with Crippen molar-refractivity contribution in [2.45, 2.75) is 68.7 Å². The van der Waals surface area contributed by atoms with Crippen molar-refractivity contribution in [3.05, 3.63) is 120 Å². The molecule has 0 aliphatic carbocycles. The third kappa shape index (κ3) is 10.9. The van der Waals surface area contributed by atoms with Crippen LogP contribution in [0.5, 0.6) is 17.2 Å². The van der Waals surface area contributed by atoms with Crippen LogP contribution < -0.4 is 24.7 Å². The number of hydrogen-bond donors (Lipinski definition) is 3. The summed E-state index contributed by atoms with van der Waals surface area (Å²) in [5.41, 5.74) is 7.78. The number of sulfonamides is 2. The molecule has 1 atom stereocenters. The molecule has 6 aromatic rings. The molecule has 0 fully saturated rings. The Kier molecular flexibility index (Phi) is 14.2. The van der Waals surface area contributed by atoms with E-state index in [-0.39, 0.29) is 48.8 Å². The number of pyridine rings is 1. The van der Waals surface area contributed by atoms with Crippen LogP contribution in [0.15, 0.2) is 113 Å². The Morgan fingerprint density at radius 1 is 0.812 bits per heavy atom. The summed E-state index contributed by atoms with van der Waals surface area (Å²) < 4.78 is 81.3. The second-order valence-electron chi connectivity index (χ2n) is 15.9. The summed E-state index contributed by atoms with van der Waals surface area (Å²) in [4.78, 5) is 17.6. The first-order chi connectivity index (χ1) is 30.3. The van der Waals surface area contributed by atoms with Gasteiger partial charge in [0.2, 0.25) is 25.9 Å². The summed E-state index contributed by atoms with van der Waals surface area (Å²) in [5, 5.41) is 23.3. The van der Waals surface area contributed by atoms with Gasteiger partial charge in [-0.3, -0.25) is 4.98 Å². The average Bonchev–Trinajstić information content (AvgIpc) is 3.73. The van der Waals surface area contributed by atoms with Crippen LogP contribution in [0.25, 0.3) is 22.5 Å². The average molecular weight is 914 g/mol. The second-order valence-corrected chi connectivity index (χ2v) is 19.4. The predicted octanol–water partition coefficient (Wildman–Crippen LogP) is 5.89. The summed E-state index contributed by atoms with van der Waals surface area (Å²) in [5.74, 6) is 1.51. The van der Waals surface area contributed by atoms with E-state index in [1.165, 1.54) is 50.5 Å². The molecular weight excluding hydrogens is 863 g/mol. The van der Waals surface area contributed by atoms with Crippen molar-refractivity contribution in [1.29, 1.82) is 0 Å². The SMILES string of the molecule is COc1ccc(CN(Cc2ccc(OC)cc2)S(=O)(=O)c2c(S(=O)(=O)N[C@H](C)CN(C(=O)O)C(C)(C)C)ccc(-c3cncc(N)c3)c2-c2nnn(Cc3ccc(OC)cc3)n2)cc1. The zero-order valence-electron chi connectivity index (χ0n) is 36.5. The molecule has 0 bridgehead atoms. The smallest absolute Gasteiger partial charge is 0.407 e. The van der Waals surface area contributed by atoms with Gasteiger partial charge in [0.15, 0.2) is 0 Å². The minimum Gasteiger partial charge on any atom is -0.497 e. The van der Waals surface area contributed by atoms with E-state index in [1.54, 1.807) is 94.6 Å². The second kappa shape index (κ2) is 19.4. The van der Waals surface area contributed by atoms with E-state index in [0.29, 0.717) is 33.9 Å². The van der Waals surface area contributed by atoms with Crippen LogP contribution >= 0.6 is 0 Å². The van der Waals surface area contributed by atoms with Gasteiger partial charge in [-0.1, -0.05) is 42.5 Å². The Morgan fingerprint density at radius 3 is 1.83 bits per heavy atom. The normalized spacial score (nSPS) is 12.5. The number of nitrogens with one attached hydrogen (secondary N) is 1. The number of hydrogen-bond acceptors (Lipinski definition) is 13. The summed E-state index contributed by atoms with van der Waals surface area (Å²) >= 11 is 0. The van der Waals surface area contributed by atoms with Crippen molar-refractivity contribution >= 4 is 31.8 Å². The van der Waals surface area contributed by atoms with Crippen LogP contribution in [0, 0.1) is 0 Å². The number of nitrogens with zero attached hydrogens (tertiary/aromatic N) is 7. The number of nitrogens with two attached hydrogens (primary N) is 1. The van der Waals surface area contributed by atoms with Crippen LogP contribution in [0.1, 0.15) is 44.4 Å². The van der Waals surface area contributed by atoms with Gasteiger partial charge >= 0.3 is 6.09 Å². The van der Waals surface area contributed by atoms with Crippen LogP contribution in [0.2, 0.25) is 0 Å². The molecule has 20 heteroatoms. The first-order valence-electron chi connectivity index (χ1n) is 19.9. The lowest BCUT2D eigenvalue weighted by atomic mass is 10.00. The number of methoxy groups -OCH3 is 3. The number of amides is 1. The monoisotopic (exact) mass is 913 g/mol. The topological polar surface area (TPSA) is 234 Å². The lowest BCUT2D eigenvalue weighted by Crippen LogP contribution is -2.51. The van der Waals surface area contributed by atoms with Crippen LogP contribution in [0.4, 0.5) is 10.5 Å². The fraction of sp³-hybridized carbons (Fsp3) is 0.295. The maximum Gasteiger partial charge on any atom is 0.407 e. The molecule has 0 unspecified atom stereocenters. The molecule has 2 heterocycles. The summed E-state index contributed by atoms with van der Waals surface area (Å²) in [6.45, 7) is 5.94. The summed E-state index contributed by atoms with van der Waals surface area (Å²) in [6, 6.07) is 23.9. The maximum atomic E-state index is 15.9. The van der Waals surface area contributed by atoms with Crippen molar-refractivity contribution in [1.82, 2.24) is 39.1 Å². The first-order valence-corrected chi connectivity index (χ1v) is 22.8. The predicted molar refractivity (Wildman–Crippen MR) is 240 cm³/mol. The van der Waals surface area contributed by atoms with Gasteiger partial charge in [-0.05, 0) is 104 Å². The van der Waals surface area contributed by atoms with Crippen molar-refractivity contribution < 1.29 is 40.9 Å². The summed E-state index contributed by atoms with van der Waals surface area (Å²) in [7, 11) is -5.19. The van der Waals surface area contributed by atoms with Gasteiger partial charge in [-0.2, -0.15) is 9.10 Å². The number of carbonyl (C=O) groups is 1. The first kappa shape index (κ1) is 46.9. The zero-order chi connectivity index (χ0) is 46.4. The third-order valence-corrected chi connectivity index (χ3v) is 13.8. The highest BCUT2D eigenvalue weighted by atomic mass is 32.2. The van der Waals surface area contributed by atoms with Gasteiger partial charge < -0.3 is 30.0 Å². The standard InChI is InChI=1S/C44H51N9O9S2/c1-29(25-52(43(54)55)44(2,3)4)49-63(56,57)39-21-20-38(33-22-34(45)24-46-23-33)40(42-47-50-53(48-42)28-32-12-18-37(62-7)19-13-32)41(39)64(58,59)51(26-30-8-14-35(60-5)15-9-30)27-31-10-16-36(61-6)17-11-31/h8-24,29,49H,25-28,45H2,1-7H3,(H,54,55)/t29-/m1/s1. The molecular formula is C44H51N9O9S2. The number of carboxylic acid groups (broad SMARTS) is 1. The summed E-state index contributed by atoms with van der Waals surface area (Å²) in [6.07, 6.45) is 1.61. The van der Waals surface area contributed by atoms with Crippen LogP contribution in [0.3, 0.4) is 0 Å². The Hall–Kier alpha value is -6.61. The molecule has 338 valence electrons. The minimum atomic E-state index is -4.95. The van der Waals surface area contributed by atoms with Crippen molar-refractivity contribution in [2.75, 3.05) is 33.6 Å². The molecule has 4 aromatic carbocycles. The number of nitrogen functional groups attached to an aromatic ring is 1. The molecule has 0 saturated heterocycles. The van der Waals surface area contributed by atoms with Gasteiger partial charge in [0, 0.05) is 49.2 Å². The van der Waals surface area contributed by atoms with Crippen LogP contribution in [-0.4, -0.2) is 102 Å². The van der Waals surface area contributed by atoms with E-state index in [4.69, 9.17) is 19.9 Å². The Bertz CT molecular complexity index is 2750. The highest BCUT2D eigenvalue weighted by Gasteiger charge is 2.39. The molecule has 1 amide bonds. The molecule has 6 rings (SSSR count). The Morgan fingerprint density at radius 2 is 1.34 bits per heavy atom. The molecule has 0 radical (unpaired) electrons. The number of tetrazole rings is 1. The van der Waals surface area contributed by atoms with E-state index in [9.17, 15) is 18.3 Å². The molecule has 4 N–H and O–H groups in total. The molecule has 0 aliphatic rings. The number of rotatable bonds is 18. The van der Waals surface area contributed by atoms with E-state index in [1.807, 2.05) is 12.1 Å². The molecule has 0 saturated carbocycles. The molecule has 64 heavy (non-hydrogen) atoms. The van der Waals surface area contributed by atoms with E-state index >= 15 is 8.42 Å². The quantitative estimate of drug-likeness (QED) is 0.0912. The number of anilines is 1. The zero-order valence-corrected chi connectivity index (χ0v) is 38.1. The van der Waals surface area contributed by atoms with E-state index in [0.717, 1.165) is 14.8 Å². The fourth-order valence-electron chi connectivity index (χ4n) is 6.91. The fourth-order valence-corrected chi connectivity index (χ4v) is 10.6. The van der Waals surface area contributed by atoms with Gasteiger partial charge in [-0.15, -0.1) is 10.2 Å². The van der Waals surface area contributed by atoms with Gasteiger partial charge in [-0.25, -0.2) is 26.4 Å². The number of ether oxygens (including phenoxy) is 3. The number of benzene rings is 4. The lowest BCUT2D eigenvalue weighted by molar-refractivity contribution is 0.0960. The van der Waals surface area contributed by atoms with Gasteiger partial charge in [0.05, 0.1) is 39.1 Å². The Balaban J connectivity index is 1.62. The van der Waals surface area contributed by atoms with E-state index in [2.05, 4.69) is 25.1 Å². The minimum absolute atomic E-state index is 0.111. The van der Waals surface area contributed by atoms with Crippen molar-refractivity contribution in [3.63, 3.8) is 0 Å². The third-order valence-electron chi connectivity index (χ3n) is 10.1. The molecule has 0 spiro atoms. The van der Waals surface area contributed by atoms with Crippen LogP contribution in [-0.2, 0) is 39.7 Å². The highest BCUT2D eigenvalue weighted by Crippen LogP contribution is 2.41. The maximum absolute atomic E-state index is 15.9. The van der Waals surface area contributed by atoms with E-state index < -0.39 is 47.5 Å². The molecule has 18 nitrogen and oxygen atoms in total. The molecule has 2 aromatic heterocycles. The van der Waals surface area contributed by atoms with Gasteiger partial charge in [0.1, 0.15) is 27.0 Å². The number of aromatic nitrogens is 5. The van der Waals surface area contributed by atoms with Gasteiger partial charge in [0.25, 0.3) is 0 Å². The van der Waals surface area contributed by atoms with Crippen molar-refractivity contribution in [2.24, 2.45) is 0 Å². The molecule has 0 aliphatic heterocycles. The largest absolute Gasteiger partial charge is 0.497 e. The van der Waals surface area contributed by atoms with Crippen molar-refractivity contribution in [3.8, 4) is 39.8 Å². The highest BCUT2D eigenvalue weighted by molar-refractivity contribution is 7.92. The Labute approximate surface area is 372 Å². The lowest BCUT2D eigenvalue weighted by Gasteiger charge is -2.35.